The molecular weight excluding hydrogens is 311 g/mol. The monoisotopic (exact) mass is 340 g/mol. The van der Waals surface area contributed by atoms with Gasteiger partial charge in [0.1, 0.15) is 0 Å². The molecule has 132 valence electrons. The molecule has 0 bridgehead atoms. The first-order chi connectivity index (χ1) is 12.5. The molecule has 0 amide bonds. The summed E-state index contributed by atoms with van der Waals surface area (Å²) in [6.07, 6.45) is 2.21. The Balaban J connectivity index is 1.98. The molecule has 0 aliphatic carbocycles. The summed E-state index contributed by atoms with van der Waals surface area (Å²) in [4.78, 5) is 0. The quantitative estimate of drug-likeness (QED) is 0.455. The van der Waals surface area contributed by atoms with Crippen LogP contribution >= 0.6 is 0 Å². The highest BCUT2D eigenvalue weighted by Crippen LogP contribution is 2.39. The molecule has 0 aromatic heterocycles. The van der Waals surface area contributed by atoms with Gasteiger partial charge in [-0.1, -0.05) is 128 Å². The Morgan fingerprint density at radius 1 is 0.615 bits per heavy atom. The van der Waals surface area contributed by atoms with Gasteiger partial charge in [0.25, 0.3) is 0 Å². The van der Waals surface area contributed by atoms with Crippen molar-refractivity contribution in [2.45, 2.75) is 39.2 Å². The van der Waals surface area contributed by atoms with Gasteiger partial charge in [-0.05, 0) is 23.9 Å². The second kappa shape index (κ2) is 8.40. The molecule has 0 spiro atoms. The summed E-state index contributed by atoms with van der Waals surface area (Å²) in [5.74, 6) is 0.504. The lowest BCUT2D eigenvalue weighted by atomic mass is 9.30. The van der Waals surface area contributed by atoms with Crippen molar-refractivity contribution in [1.29, 1.82) is 0 Å². The van der Waals surface area contributed by atoms with E-state index >= 15 is 0 Å². The maximum absolute atomic E-state index is 2.38. The van der Waals surface area contributed by atoms with Crippen LogP contribution in [0.3, 0.4) is 0 Å². The minimum absolute atomic E-state index is 0.204. The van der Waals surface area contributed by atoms with Gasteiger partial charge in [0.15, 0.2) is 6.71 Å². The van der Waals surface area contributed by atoms with Gasteiger partial charge in [-0.15, -0.1) is 0 Å². The second-order valence-electron chi connectivity index (χ2n) is 8.39. The van der Waals surface area contributed by atoms with Gasteiger partial charge >= 0.3 is 0 Å². The van der Waals surface area contributed by atoms with Crippen molar-refractivity contribution in [2.75, 3.05) is 0 Å². The van der Waals surface area contributed by atoms with E-state index in [9.17, 15) is 0 Å². The third-order valence-corrected chi connectivity index (χ3v) is 5.24. The zero-order valence-electron chi connectivity index (χ0n) is 16.2. The maximum atomic E-state index is 2.38. The van der Waals surface area contributed by atoms with Gasteiger partial charge in [0.05, 0.1) is 0 Å². The first-order valence-corrected chi connectivity index (χ1v) is 9.67. The fourth-order valence-corrected chi connectivity index (χ4v) is 4.28. The first-order valence-electron chi connectivity index (χ1n) is 9.67. The molecule has 3 rings (SSSR count). The predicted octanol–water partition coefficient (Wildman–Crippen LogP) is 6.41. The second-order valence-corrected chi connectivity index (χ2v) is 8.39. The van der Waals surface area contributed by atoms with Crippen molar-refractivity contribution < 1.29 is 0 Å². The van der Waals surface area contributed by atoms with Gasteiger partial charge in [-0.2, -0.15) is 0 Å². The molecule has 1 atom stereocenters. The average Bonchev–Trinajstić information content (AvgIpc) is 2.63. The van der Waals surface area contributed by atoms with Crippen LogP contribution in [0.4, 0.5) is 0 Å². The van der Waals surface area contributed by atoms with E-state index in [1.165, 1.54) is 16.7 Å². The molecule has 0 fully saturated rings. The van der Waals surface area contributed by atoms with Crippen LogP contribution in [0.5, 0.6) is 0 Å². The molecule has 0 heterocycles. The fraction of sp³-hybridized carbons (Fsp3) is 0.280. The molecule has 3 aromatic carbocycles. The lowest BCUT2D eigenvalue weighted by Gasteiger charge is -2.36. The number of hydrogen-bond acceptors (Lipinski definition) is 0. The van der Waals surface area contributed by atoms with Gasteiger partial charge in [-0.25, -0.2) is 0 Å². The van der Waals surface area contributed by atoms with E-state index in [1.54, 1.807) is 0 Å². The lowest BCUT2D eigenvalue weighted by molar-refractivity contribution is 0.386. The highest BCUT2D eigenvalue weighted by molar-refractivity contribution is 6.59. The molecule has 0 saturated heterocycles. The van der Waals surface area contributed by atoms with E-state index in [0.29, 0.717) is 12.5 Å². The Hall–Kier alpha value is -2.28. The molecule has 0 radical (unpaired) electrons. The summed E-state index contributed by atoms with van der Waals surface area (Å²) in [5.41, 5.74) is 4.52. The molecule has 0 saturated carbocycles. The van der Waals surface area contributed by atoms with Crippen molar-refractivity contribution in [3.8, 4) is 0 Å². The summed E-state index contributed by atoms with van der Waals surface area (Å²) < 4.78 is 0. The molecular formula is C25H29B. The summed E-state index contributed by atoms with van der Waals surface area (Å²) >= 11 is 0. The number of hydrogen-bond donors (Lipinski definition) is 0. The summed E-state index contributed by atoms with van der Waals surface area (Å²) in [7, 11) is 0. The van der Waals surface area contributed by atoms with Crippen LogP contribution in [0.1, 0.15) is 43.3 Å². The zero-order valence-corrected chi connectivity index (χ0v) is 16.2. The lowest BCUT2D eigenvalue weighted by Crippen LogP contribution is -2.38. The minimum Gasteiger partial charge on any atom is -0.0622 e. The van der Waals surface area contributed by atoms with Crippen LogP contribution in [-0.4, -0.2) is 6.71 Å². The Kier molecular flexibility index (Phi) is 5.98. The Bertz CT molecular complexity index is 731. The SMILES string of the molecule is CC(C)(C)C(B(Cc1ccccc1)Cc1ccccc1)c1ccccc1. The van der Waals surface area contributed by atoms with Crippen LogP contribution in [0.15, 0.2) is 91.0 Å². The van der Waals surface area contributed by atoms with Gasteiger partial charge in [0.2, 0.25) is 0 Å². The molecule has 1 unspecified atom stereocenters. The molecule has 26 heavy (non-hydrogen) atoms. The maximum Gasteiger partial charge on any atom is 0.157 e. The summed E-state index contributed by atoms with van der Waals surface area (Å²) in [5, 5.41) is 0. The van der Waals surface area contributed by atoms with E-state index in [-0.39, 0.29) is 5.41 Å². The van der Waals surface area contributed by atoms with Crippen LogP contribution in [0.2, 0.25) is 0 Å². The zero-order chi connectivity index (χ0) is 18.4. The van der Waals surface area contributed by atoms with Crippen LogP contribution in [-0.2, 0) is 12.6 Å². The van der Waals surface area contributed by atoms with Crippen molar-refractivity contribution >= 4 is 6.71 Å². The highest BCUT2D eigenvalue weighted by atomic mass is 14.3. The van der Waals surface area contributed by atoms with Crippen molar-refractivity contribution in [3.63, 3.8) is 0 Å². The van der Waals surface area contributed by atoms with Crippen LogP contribution in [0.25, 0.3) is 0 Å². The predicted molar refractivity (Wildman–Crippen MR) is 115 cm³/mol. The molecule has 0 N–H and O–H groups in total. The molecule has 0 aliphatic rings. The fourth-order valence-electron chi connectivity index (χ4n) is 4.28. The largest absolute Gasteiger partial charge is 0.157 e. The minimum atomic E-state index is 0.204. The molecule has 0 nitrogen and oxygen atoms in total. The van der Waals surface area contributed by atoms with Crippen LogP contribution < -0.4 is 0 Å². The topological polar surface area (TPSA) is 0 Å². The van der Waals surface area contributed by atoms with E-state index in [4.69, 9.17) is 0 Å². The Labute approximate surface area is 159 Å². The van der Waals surface area contributed by atoms with Crippen LogP contribution in [0, 0.1) is 5.41 Å². The number of benzene rings is 3. The highest BCUT2D eigenvalue weighted by Gasteiger charge is 2.35. The van der Waals surface area contributed by atoms with Gasteiger partial charge in [0, 0.05) is 0 Å². The average molecular weight is 340 g/mol. The third-order valence-electron chi connectivity index (χ3n) is 5.24. The van der Waals surface area contributed by atoms with E-state index in [0.717, 1.165) is 12.6 Å². The van der Waals surface area contributed by atoms with Gasteiger partial charge < -0.3 is 0 Å². The molecule has 3 aromatic rings. The Morgan fingerprint density at radius 3 is 1.38 bits per heavy atom. The Morgan fingerprint density at radius 2 is 1.00 bits per heavy atom. The third kappa shape index (κ3) is 4.88. The van der Waals surface area contributed by atoms with E-state index in [1.807, 2.05) is 0 Å². The number of rotatable bonds is 6. The summed E-state index contributed by atoms with van der Waals surface area (Å²) in [6, 6.07) is 33.0. The normalized spacial score (nSPS) is 12.6. The van der Waals surface area contributed by atoms with Crippen molar-refractivity contribution in [2.24, 2.45) is 5.41 Å². The van der Waals surface area contributed by atoms with Crippen molar-refractivity contribution in [3.05, 3.63) is 108 Å². The van der Waals surface area contributed by atoms with E-state index < -0.39 is 0 Å². The van der Waals surface area contributed by atoms with Crippen molar-refractivity contribution in [1.82, 2.24) is 0 Å². The smallest absolute Gasteiger partial charge is 0.0622 e. The standard InChI is InChI=1S/C25H29B/c1-25(2,3)24(23-17-11-6-12-18-23)26(19-21-13-7-4-8-14-21)20-22-15-9-5-10-16-22/h4-18,24H,19-20H2,1-3H3. The molecule has 0 aliphatic heterocycles. The summed E-state index contributed by atoms with van der Waals surface area (Å²) in [6.45, 7) is 7.71. The van der Waals surface area contributed by atoms with E-state index in [2.05, 4.69) is 112 Å². The first kappa shape index (κ1) is 18.5. The van der Waals surface area contributed by atoms with Gasteiger partial charge in [-0.3, -0.25) is 0 Å². The molecule has 1 heteroatoms.